The Kier molecular flexibility index (Phi) is 3.10. The van der Waals surface area contributed by atoms with E-state index in [0.717, 1.165) is 17.7 Å². The molecule has 0 aromatic heterocycles. The molecule has 1 unspecified atom stereocenters. The summed E-state index contributed by atoms with van der Waals surface area (Å²) < 4.78 is 10.1. The summed E-state index contributed by atoms with van der Waals surface area (Å²) >= 11 is 0. The van der Waals surface area contributed by atoms with E-state index < -0.39 is 12.1 Å². The summed E-state index contributed by atoms with van der Waals surface area (Å²) in [6, 6.07) is 5.26. The summed E-state index contributed by atoms with van der Waals surface area (Å²) in [7, 11) is 0. The van der Waals surface area contributed by atoms with E-state index in [1.807, 2.05) is 0 Å². The lowest BCUT2D eigenvalue weighted by atomic mass is 10.0. The molecule has 1 aliphatic heterocycles. The molecule has 1 aromatic carbocycles. The molecule has 1 aromatic rings. The highest BCUT2D eigenvalue weighted by Gasteiger charge is 2.21. The van der Waals surface area contributed by atoms with Gasteiger partial charge in [0.1, 0.15) is 5.75 Å². The topological polar surface area (TPSA) is 55.8 Å². The molecule has 86 valence electrons. The van der Waals surface area contributed by atoms with Crippen LogP contribution in [0.25, 0.3) is 0 Å². The molecule has 0 fully saturated rings. The monoisotopic (exact) mass is 222 g/mol. The summed E-state index contributed by atoms with van der Waals surface area (Å²) in [6.07, 6.45) is -0.385. The minimum atomic E-state index is -1.20. The van der Waals surface area contributed by atoms with Crippen molar-refractivity contribution in [3.8, 4) is 5.75 Å². The highest BCUT2D eigenvalue weighted by atomic mass is 16.5. The van der Waals surface area contributed by atoms with Crippen LogP contribution in [0.3, 0.4) is 0 Å². The molecule has 0 radical (unpaired) electrons. The van der Waals surface area contributed by atoms with E-state index >= 15 is 0 Å². The standard InChI is InChI=1S/C12H14O4/c1-2-15-12(14)11(13)9-3-4-10-8(7-9)5-6-16-10/h3-4,7,11,13H,2,5-6H2,1H3. The van der Waals surface area contributed by atoms with Crippen LogP contribution >= 0.6 is 0 Å². The zero-order valence-corrected chi connectivity index (χ0v) is 9.10. The smallest absolute Gasteiger partial charge is 0.339 e. The number of rotatable bonds is 3. The molecule has 1 atom stereocenters. The molecule has 1 aliphatic rings. The Morgan fingerprint density at radius 1 is 1.62 bits per heavy atom. The number of carbonyl (C=O) groups excluding carboxylic acids is 1. The number of aliphatic hydroxyl groups is 1. The number of benzene rings is 1. The van der Waals surface area contributed by atoms with E-state index in [0.29, 0.717) is 12.2 Å². The maximum absolute atomic E-state index is 11.3. The van der Waals surface area contributed by atoms with E-state index in [1.165, 1.54) is 0 Å². The third kappa shape index (κ3) is 2.02. The van der Waals surface area contributed by atoms with Crippen molar-refractivity contribution < 1.29 is 19.4 Å². The first-order valence-corrected chi connectivity index (χ1v) is 5.32. The number of hydrogen-bond donors (Lipinski definition) is 1. The molecule has 1 N–H and O–H groups in total. The van der Waals surface area contributed by atoms with Gasteiger partial charge in [-0.1, -0.05) is 6.07 Å². The molecule has 1 heterocycles. The van der Waals surface area contributed by atoms with Crippen LogP contribution in [0.15, 0.2) is 18.2 Å². The zero-order valence-electron chi connectivity index (χ0n) is 9.10. The molecule has 4 heteroatoms. The maximum atomic E-state index is 11.3. The minimum absolute atomic E-state index is 0.268. The maximum Gasteiger partial charge on any atom is 0.339 e. The first-order chi connectivity index (χ1) is 7.72. The molecule has 4 nitrogen and oxygen atoms in total. The molecular formula is C12H14O4. The van der Waals surface area contributed by atoms with Gasteiger partial charge in [-0.3, -0.25) is 0 Å². The van der Waals surface area contributed by atoms with Gasteiger partial charge in [-0.15, -0.1) is 0 Å². The fourth-order valence-electron chi connectivity index (χ4n) is 1.73. The van der Waals surface area contributed by atoms with Crippen LogP contribution in [-0.2, 0) is 16.0 Å². The summed E-state index contributed by atoms with van der Waals surface area (Å²) in [6.45, 7) is 2.64. The molecule has 0 aliphatic carbocycles. The highest BCUT2D eigenvalue weighted by Crippen LogP contribution is 2.28. The fourth-order valence-corrected chi connectivity index (χ4v) is 1.73. The Morgan fingerprint density at radius 2 is 2.44 bits per heavy atom. The quantitative estimate of drug-likeness (QED) is 0.781. The van der Waals surface area contributed by atoms with Gasteiger partial charge < -0.3 is 14.6 Å². The second-order valence-corrected chi connectivity index (χ2v) is 3.62. The van der Waals surface area contributed by atoms with Gasteiger partial charge in [-0.2, -0.15) is 0 Å². The van der Waals surface area contributed by atoms with Crippen molar-refractivity contribution in [2.45, 2.75) is 19.4 Å². The Morgan fingerprint density at radius 3 is 3.19 bits per heavy atom. The minimum Gasteiger partial charge on any atom is -0.493 e. The molecule has 0 bridgehead atoms. The zero-order chi connectivity index (χ0) is 11.5. The molecular weight excluding hydrogens is 208 g/mol. The van der Waals surface area contributed by atoms with Gasteiger partial charge in [0.05, 0.1) is 13.2 Å². The first-order valence-electron chi connectivity index (χ1n) is 5.32. The molecule has 0 spiro atoms. The van der Waals surface area contributed by atoms with Gasteiger partial charge in [-0.25, -0.2) is 4.79 Å². The van der Waals surface area contributed by atoms with Crippen molar-refractivity contribution in [1.29, 1.82) is 0 Å². The normalized spacial score (nSPS) is 15.1. The predicted octanol–water partition coefficient (Wildman–Crippen LogP) is 1.22. The molecule has 16 heavy (non-hydrogen) atoms. The average Bonchev–Trinajstić information content (AvgIpc) is 2.75. The van der Waals surface area contributed by atoms with E-state index in [1.54, 1.807) is 25.1 Å². The van der Waals surface area contributed by atoms with Crippen molar-refractivity contribution in [1.82, 2.24) is 0 Å². The average molecular weight is 222 g/mol. The van der Waals surface area contributed by atoms with E-state index in [2.05, 4.69) is 0 Å². The first kappa shape index (κ1) is 11.0. The van der Waals surface area contributed by atoms with Crippen LogP contribution < -0.4 is 4.74 Å². The summed E-state index contributed by atoms with van der Waals surface area (Å²) in [5.41, 5.74) is 1.59. The second kappa shape index (κ2) is 4.53. The van der Waals surface area contributed by atoms with Gasteiger partial charge in [0, 0.05) is 6.42 Å². The van der Waals surface area contributed by atoms with Gasteiger partial charge in [-0.05, 0) is 30.2 Å². The Hall–Kier alpha value is -1.55. The number of ether oxygens (including phenoxy) is 2. The van der Waals surface area contributed by atoms with Gasteiger partial charge in [0.25, 0.3) is 0 Å². The second-order valence-electron chi connectivity index (χ2n) is 3.62. The Labute approximate surface area is 93.8 Å². The van der Waals surface area contributed by atoms with Crippen molar-refractivity contribution in [3.63, 3.8) is 0 Å². The highest BCUT2D eigenvalue weighted by molar-refractivity contribution is 5.76. The lowest BCUT2D eigenvalue weighted by Crippen LogP contribution is -2.15. The summed E-state index contributed by atoms with van der Waals surface area (Å²) in [5.74, 6) is 0.223. The van der Waals surface area contributed by atoms with E-state index in [4.69, 9.17) is 9.47 Å². The largest absolute Gasteiger partial charge is 0.493 e. The van der Waals surface area contributed by atoms with Gasteiger partial charge in [0.2, 0.25) is 0 Å². The van der Waals surface area contributed by atoms with Gasteiger partial charge >= 0.3 is 5.97 Å². The number of fused-ring (bicyclic) bond motifs is 1. The van der Waals surface area contributed by atoms with Crippen molar-refractivity contribution in [2.24, 2.45) is 0 Å². The fraction of sp³-hybridized carbons (Fsp3) is 0.417. The van der Waals surface area contributed by atoms with Crippen LogP contribution in [0.4, 0.5) is 0 Å². The third-order valence-corrected chi connectivity index (χ3v) is 2.54. The van der Waals surface area contributed by atoms with Gasteiger partial charge in [0.15, 0.2) is 6.10 Å². The Bertz CT molecular complexity index is 400. The summed E-state index contributed by atoms with van der Waals surface area (Å²) in [5, 5.41) is 9.74. The van der Waals surface area contributed by atoms with Crippen LogP contribution in [0.2, 0.25) is 0 Å². The van der Waals surface area contributed by atoms with E-state index in [9.17, 15) is 9.90 Å². The van der Waals surface area contributed by atoms with Crippen LogP contribution in [0.1, 0.15) is 24.2 Å². The molecule has 0 saturated carbocycles. The SMILES string of the molecule is CCOC(=O)C(O)c1ccc2c(c1)CCO2. The van der Waals surface area contributed by atoms with E-state index in [-0.39, 0.29) is 6.61 Å². The lowest BCUT2D eigenvalue weighted by Gasteiger charge is -2.10. The van der Waals surface area contributed by atoms with Crippen molar-refractivity contribution >= 4 is 5.97 Å². The predicted molar refractivity (Wildman–Crippen MR) is 57.2 cm³/mol. The third-order valence-electron chi connectivity index (χ3n) is 2.54. The summed E-state index contributed by atoms with van der Waals surface area (Å²) in [4.78, 5) is 11.3. The number of hydrogen-bond acceptors (Lipinski definition) is 4. The molecule has 0 amide bonds. The molecule has 0 saturated heterocycles. The van der Waals surface area contributed by atoms with Crippen molar-refractivity contribution in [3.05, 3.63) is 29.3 Å². The Balaban J connectivity index is 2.18. The number of esters is 1. The number of aliphatic hydroxyl groups excluding tert-OH is 1. The van der Waals surface area contributed by atoms with Crippen molar-refractivity contribution in [2.75, 3.05) is 13.2 Å². The lowest BCUT2D eigenvalue weighted by molar-refractivity contribution is -0.153. The van der Waals surface area contributed by atoms with Crippen LogP contribution in [0, 0.1) is 0 Å². The number of carbonyl (C=O) groups is 1. The van der Waals surface area contributed by atoms with Crippen LogP contribution in [0.5, 0.6) is 5.75 Å². The van der Waals surface area contributed by atoms with Crippen LogP contribution in [-0.4, -0.2) is 24.3 Å². The molecule has 2 rings (SSSR count).